The number of aromatic carboxylic acids is 1. The van der Waals surface area contributed by atoms with Gasteiger partial charge < -0.3 is 14.9 Å². The van der Waals surface area contributed by atoms with Crippen molar-refractivity contribution >= 4 is 17.7 Å². The molecule has 0 saturated carbocycles. The Morgan fingerprint density at radius 3 is 2.46 bits per heavy atom. The number of carboxylic acid groups (broad SMARTS) is 1. The standard InChI is InChI=1S/C15H16FN5O3/c1-19-12(8-11(18-19)15(23)24)14(22)21-6-4-20(5-7-21)13-3-2-10(16)9-17-13/h2-3,8-9H,4-7H2,1H3,(H,23,24). The van der Waals surface area contributed by atoms with Gasteiger partial charge in [-0.25, -0.2) is 14.2 Å². The molecule has 0 bridgehead atoms. The van der Waals surface area contributed by atoms with Crippen LogP contribution in [-0.2, 0) is 7.05 Å². The summed E-state index contributed by atoms with van der Waals surface area (Å²) in [5.74, 6) is -1.16. The number of hydrogen-bond acceptors (Lipinski definition) is 5. The Morgan fingerprint density at radius 2 is 1.92 bits per heavy atom. The summed E-state index contributed by atoms with van der Waals surface area (Å²) in [6.07, 6.45) is 1.16. The molecule has 8 nitrogen and oxygen atoms in total. The van der Waals surface area contributed by atoms with Crippen molar-refractivity contribution in [2.75, 3.05) is 31.1 Å². The molecule has 3 rings (SSSR count). The van der Waals surface area contributed by atoms with E-state index in [4.69, 9.17) is 5.11 Å². The van der Waals surface area contributed by atoms with Gasteiger partial charge in [0.15, 0.2) is 5.69 Å². The molecule has 9 heteroatoms. The van der Waals surface area contributed by atoms with Crippen LogP contribution in [0.4, 0.5) is 10.2 Å². The van der Waals surface area contributed by atoms with Crippen molar-refractivity contribution in [1.29, 1.82) is 0 Å². The van der Waals surface area contributed by atoms with E-state index in [1.807, 2.05) is 4.90 Å². The lowest BCUT2D eigenvalue weighted by Gasteiger charge is -2.35. The van der Waals surface area contributed by atoms with Crippen LogP contribution in [0.5, 0.6) is 0 Å². The Morgan fingerprint density at radius 1 is 1.21 bits per heavy atom. The van der Waals surface area contributed by atoms with Crippen molar-refractivity contribution in [2.24, 2.45) is 7.05 Å². The molecule has 2 aromatic heterocycles. The molecule has 0 spiro atoms. The number of carboxylic acids is 1. The second-order valence-corrected chi connectivity index (χ2v) is 5.46. The van der Waals surface area contributed by atoms with Crippen molar-refractivity contribution in [3.63, 3.8) is 0 Å². The molecule has 126 valence electrons. The molecule has 3 heterocycles. The molecule has 0 aromatic carbocycles. The van der Waals surface area contributed by atoms with Crippen LogP contribution in [-0.4, -0.2) is 62.8 Å². The number of hydrogen-bond donors (Lipinski definition) is 1. The Kier molecular flexibility index (Phi) is 4.15. The van der Waals surface area contributed by atoms with Crippen LogP contribution in [0.1, 0.15) is 21.0 Å². The van der Waals surface area contributed by atoms with Crippen molar-refractivity contribution in [1.82, 2.24) is 19.7 Å². The maximum atomic E-state index is 12.9. The fraction of sp³-hybridized carbons (Fsp3) is 0.333. The topological polar surface area (TPSA) is 91.6 Å². The molecule has 1 saturated heterocycles. The maximum absolute atomic E-state index is 12.9. The van der Waals surface area contributed by atoms with Gasteiger partial charge in [0.1, 0.15) is 17.3 Å². The number of halogens is 1. The summed E-state index contributed by atoms with van der Waals surface area (Å²) >= 11 is 0. The molecular formula is C15H16FN5O3. The Hall–Kier alpha value is -2.97. The maximum Gasteiger partial charge on any atom is 0.356 e. The molecule has 2 aromatic rings. The van der Waals surface area contributed by atoms with E-state index in [2.05, 4.69) is 10.1 Å². The number of aromatic nitrogens is 3. The normalized spacial score (nSPS) is 14.8. The lowest BCUT2D eigenvalue weighted by Crippen LogP contribution is -2.49. The number of pyridine rings is 1. The summed E-state index contributed by atoms with van der Waals surface area (Å²) < 4.78 is 14.2. The summed E-state index contributed by atoms with van der Waals surface area (Å²) in [4.78, 5) is 31.1. The predicted octanol–water partition coefficient (Wildman–Crippen LogP) is 0.615. The first-order valence-electron chi connectivity index (χ1n) is 7.39. The molecule has 1 N–H and O–H groups in total. The number of nitrogens with zero attached hydrogens (tertiary/aromatic N) is 5. The fourth-order valence-electron chi connectivity index (χ4n) is 2.63. The summed E-state index contributed by atoms with van der Waals surface area (Å²) in [7, 11) is 1.54. The van der Waals surface area contributed by atoms with E-state index in [1.54, 1.807) is 18.0 Å². The van der Waals surface area contributed by atoms with Crippen LogP contribution in [0.3, 0.4) is 0 Å². The number of piperazine rings is 1. The lowest BCUT2D eigenvalue weighted by molar-refractivity contribution is 0.0688. The van der Waals surface area contributed by atoms with Gasteiger partial charge in [0, 0.05) is 39.3 Å². The highest BCUT2D eigenvalue weighted by Gasteiger charge is 2.26. The lowest BCUT2D eigenvalue weighted by atomic mass is 10.2. The average molecular weight is 333 g/mol. The number of anilines is 1. The molecule has 1 aliphatic rings. The zero-order valence-electron chi connectivity index (χ0n) is 13.0. The van der Waals surface area contributed by atoms with Crippen LogP contribution in [0.2, 0.25) is 0 Å². The third kappa shape index (κ3) is 3.05. The zero-order valence-corrected chi connectivity index (χ0v) is 13.0. The molecule has 0 aliphatic carbocycles. The monoisotopic (exact) mass is 333 g/mol. The van der Waals surface area contributed by atoms with E-state index in [0.29, 0.717) is 32.0 Å². The van der Waals surface area contributed by atoms with Gasteiger partial charge in [-0.1, -0.05) is 0 Å². The van der Waals surface area contributed by atoms with Crippen LogP contribution in [0, 0.1) is 5.82 Å². The SMILES string of the molecule is Cn1nc(C(=O)O)cc1C(=O)N1CCN(c2ccc(F)cn2)CC1. The van der Waals surface area contributed by atoms with Crippen molar-refractivity contribution in [3.05, 3.63) is 41.6 Å². The van der Waals surface area contributed by atoms with Gasteiger partial charge >= 0.3 is 5.97 Å². The van der Waals surface area contributed by atoms with Gasteiger partial charge in [-0.15, -0.1) is 0 Å². The van der Waals surface area contributed by atoms with Gasteiger partial charge in [0.25, 0.3) is 5.91 Å². The van der Waals surface area contributed by atoms with Gasteiger partial charge in [0.2, 0.25) is 0 Å². The Balaban J connectivity index is 1.67. The third-order valence-electron chi connectivity index (χ3n) is 3.92. The first kappa shape index (κ1) is 15.9. The third-order valence-corrected chi connectivity index (χ3v) is 3.92. The first-order chi connectivity index (χ1) is 11.5. The highest BCUT2D eigenvalue weighted by Crippen LogP contribution is 2.15. The molecule has 1 aliphatic heterocycles. The summed E-state index contributed by atoms with van der Waals surface area (Å²) in [5.41, 5.74) is 0.0794. The van der Waals surface area contributed by atoms with E-state index in [-0.39, 0.29) is 17.3 Å². The zero-order chi connectivity index (χ0) is 17.3. The molecule has 0 radical (unpaired) electrons. The van der Waals surface area contributed by atoms with E-state index in [9.17, 15) is 14.0 Å². The summed E-state index contributed by atoms with van der Waals surface area (Å²) in [6.45, 7) is 2.05. The molecule has 1 amide bonds. The summed E-state index contributed by atoms with van der Waals surface area (Å²) in [6, 6.07) is 4.23. The smallest absolute Gasteiger partial charge is 0.356 e. The van der Waals surface area contributed by atoms with Crippen molar-refractivity contribution in [2.45, 2.75) is 0 Å². The van der Waals surface area contributed by atoms with E-state index in [1.165, 1.54) is 16.8 Å². The van der Waals surface area contributed by atoms with Gasteiger partial charge in [-0.2, -0.15) is 5.10 Å². The quantitative estimate of drug-likeness (QED) is 0.885. The minimum Gasteiger partial charge on any atom is -0.476 e. The van der Waals surface area contributed by atoms with Gasteiger partial charge in [0.05, 0.1) is 6.20 Å². The van der Waals surface area contributed by atoms with Crippen LogP contribution in [0.25, 0.3) is 0 Å². The average Bonchev–Trinajstić information content (AvgIpc) is 2.97. The Labute approximate surface area is 137 Å². The Bertz CT molecular complexity index is 766. The molecular weight excluding hydrogens is 317 g/mol. The molecule has 0 atom stereocenters. The highest BCUT2D eigenvalue weighted by atomic mass is 19.1. The number of rotatable bonds is 3. The van der Waals surface area contributed by atoms with Crippen molar-refractivity contribution in [3.8, 4) is 0 Å². The number of carbonyl (C=O) groups is 2. The van der Waals surface area contributed by atoms with Crippen LogP contribution >= 0.6 is 0 Å². The minimum atomic E-state index is -1.17. The second-order valence-electron chi connectivity index (χ2n) is 5.46. The minimum absolute atomic E-state index is 0.157. The summed E-state index contributed by atoms with van der Waals surface area (Å²) in [5, 5.41) is 12.8. The van der Waals surface area contributed by atoms with Crippen molar-refractivity contribution < 1.29 is 19.1 Å². The fourth-order valence-corrected chi connectivity index (χ4v) is 2.63. The molecule has 0 unspecified atom stereocenters. The second kappa shape index (κ2) is 6.26. The highest BCUT2D eigenvalue weighted by molar-refractivity contribution is 5.95. The predicted molar refractivity (Wildman–Crippen MR) is 82.5 cm³/mol. The first-order valence-corrected chi connectivity index (χ1v) is 7.39. The van der Waals surface area contributed by atoms with E-state index < -0.39 is 11.8 Å². The van der Waals surface area contributed by atoms with Gasteiger partial charge in [-0.05, 0) is 12.1 Å². The number of amides is 1. The molecule has 24 heavy (non-hydrogen) atoms. The largest absolute Gasteiger partial charge is 0.476 e. The van der Waals surface area contributed by atoms with E-state index >= 15 is 0 Å². The molecule has 1 fully saturated rings. The van der Waals surface area contributed by atoms with Crippen LogP contribution in [0.15, 0.2) is 24.4 Å². The van der Waals surface area contributed by atoms with Crippen LogP contribution < -0.4 is 4.90 Å². The number of aryl methyl sites for hydroxylation is 1. The van der Waals surface area contributed by atoms with Gasteiger partial charge in [-0.3, -0.25) is 9.48 Å². The number of carbonyl (C=O) groups excluding carboxylic acids is 1. The van der Waals surface area contributed by atoms with E-state index in [0.717, 1.165) is 6.20 Å².